The van der Waals surface area contributed by atoms with Crippen LogP contribution in [0, 0.1) is 12.3 Å². The van der Waals surface area contributed by atoms with E-state index in [4.69, 9.17) is 5.41 Å². The monoisotopic (exact) mass is 334 g/mol. The number of phenols is 1. The number of nitrogens with one attached hydrogen (secondary N) is 1. The fourth-order valence-electron chi connectivity index (χ4n) is 3.25. The normalized spacial score (nSPS) is 14.8. The van der Waals surface area contributed by atoms with Crippen LogP contribution in [0.4, 0.5) is 5.69 Å². The van der Waals surface area contributed by atoms with Crippen LogP contribution in [0.25, 0.3) is 16.6 Å². The standard InChI is InChI=1S/C19H18N4O2/c1-11-7-8-14(15(24)9-11)23-10-16(25)17(18(23)20)19-21-12-5-3-4-6-13(12)22(19)2/h3-9,20,24-25H,10H2,1-2H3. The predicted molar refractivity (Wildman–Crippen MR) is 98.2 cm³/mol. The number of aromatic hydroxyl groups is 1. The number of fused-ring (bicyclic) bond motifs is 1. The van der Waals surface area contributed by atoms with Gasteiger partial charge in [-0.3, -0.25) is 5.41 Å². The molecule has 0 atom stereocenters. The number of rotatable bonds is 2. The van der Waals surface area contributed by atoms with Gasteiger partial charge in [-0.1, -0.05) is 18.2 Å². The molecule has 126 valence electrons. The van der Waals surface area contributed by atoms with Gasteiger partial charge in [0.25, 0.3) is 0 Å². The summed E-state index contributed by atoms with van der Waals surface area (Å²) in [6.45, 7) is 2.02. The minimum atomic E-state index is 0.0726. The van der Waals surface area contributed by atoms with Gasteiger partial charge in [0.2, 0.25) is 0 Å². The number of hydrogen-bond donors (Lipinski definition) is 3. The SMILES string of the molecule is Cc1ccc(N2CC(O)=C(c3nc4ccccc4n3C)C2=N)c(O)c1. The number of aromatic nitrogens is 2. The molecule has 4 rings (SSSR count). The third kappa shape index (κ3) is 2.26. The molecular formula is C19H18N4O2. The van der Waals surface area contributed by atoms with Gasteiger partial charge in [-0.15, -0.1) is 0 Å². The van der Waals surface area contributed by atoms with Crippen molar-refractivity contribution in [1.29, 1.82) is 5.41 Å². The molecule has 3 N–H and O–H groups in total. The Kier molecular flexibility index (Phi) is 3.28. The zero-order valence-corrected chi connectivity index (χ0v) is 14.0. The van der Waals surface area contributed by atoms with Crippen LogP contribution in [0.2, 0.25) is 0 Å². The first-order valence-electron chi connectivity index (χ1n) is 7.97. The Balaban J connectivity index is 1.79. The number of amidine groups is 1. The molecule has 1 aromatic heterocycles. The van der Waals surface area contributed by atoms with E-state index in [-0.39, 0.29) is 23.9 Å². The van der Waals surface area contributed by atoms with E-state index in [0.717, 1.165) is 16.6 Å². The molecule has 0 spiro atoms. The van der Waals surface area contributed by atoms with Crippen molar-refractivity contribution in [2.75, 3.05) is 11.4 Å². The van der Waals surface area contributed by atoms with Crippen LogP contribution in [0.3, 0.4) is 0 Å². The van der Waals surface area contributed by atoms with Crippen LogP contribution in [-0.4, -0.2) is 32.1 Å². The number of phenolic OH excluding ortho intramolecular Hbond substituents is 1. The summed E-state index contributed by atoms with van der Waals surface area (Å²) in [7, 11) is 1.87. The highest BCUT2D eigenvalue weighted by Crippen LogP contribution is 2.36. The maximum absolute atomic E-state index is 10.5. The third-order valence-electron chi connectivity index (χ3n) is 4.54. The minimum absolute atomic E-state index is 0.0726. The van der Waals surface area contributed by atoms with Crippen molar-refractivity contribution in [3.8, 4) is 5.75 Å². The fourth-order valence-corrected chi connectivity index (χ4v) is 3.25. The molecule has 0 unspecified atom stereocenters. The van der Waals surface area contributed by atoms with Crippen LogP contribution in [0.1, 0.15) is 11.4 Å². The fraction of sp³-hybridized carbons (Fsp3) is 0.158. The molecule has 0 aliphatic carbocycles. The Morgan fingerprint density at radius 1 is 1.12 bits per heavy atom. The Labute approximate surface area is 144 Å². The number of para-hydroxylation sites is 2. The maximum atomic E-state index is 10.5. The summed E-state index contributed by atoms with van der Waals surface area (Å²) in [4.78, 5) is 6.16. The average molecular weight is 334 g/mol. The molecule has 0 bridgehead atoms. The van der Waals surface area contributed by atoms with E-state index < -0.39 is 0 Å². The van der Waals surface area contributed by atoms with Gasteiger partial charge in [0, 0.05) is 7.05 Å². The largest absolute Gasteiger partial charge is 0.509 e. The van der Waals surface area contributed by atoms with Gasteiger partial charge >= 0.3 is 0 Å². The molecule has 1 aliphatic rings. The second-order valence-corrected chi connectivity index (χ2v) is 6.23. The van der Waals surface area contributed by atoms with E-state index in [0.29, 0.717) is 17.1 Å². The summed E-state index contributed by atoms with van der Waals surface area (Å²) in [5, 5.41) is 29.3. The first-order valence-corrected chi connectivity index (χ1v) is 7.97. The molecule has 0 saturated heterocycles. The molecule has 1 aliphatic heterocycles. The zero-order valence-electron chi connectivity index (χ0n) is 14.0. The van der Waals surface area contributed by atoms with Gasteiger partial charge in [0.05, 0.1) is 28.8 Å². The van der Waals surface area contributed by atoms with Crippen molar-refractivity contribution in [3.63, 3.8) is 0 Å². The number of benzene rings is 2. The average Bonchev–Trinajstić information content (AvgIpc) is 3.05. The number of nitrogens with zero attached hydrogens (tertiary/aromatic N) is 3. The summed E-state index contributed by atoms with van der Waals surface area (Å²) < 4.78 is 1.87. The molecule has 0 fully saturated rings. The zero-order chi connectivity index (χ0) is 17.7. The smallest absolute Gasteiger partial charge is 0.148 e. The van der Waals surface area contributed by atoms with E-state index in [9.17, 15) is 10.2 Å². The van der Waals surface area contributed by atoms with E-state index >= 15 is 0 Å². The van der Waals surface area contributed by atoms with Crippen molar-refractivity contribution in [1.82, 2.24) is 9.55 Å². The Morgan fingerprint density at radius 3 is 2.60 bits per heavy atom. The molecule has 0 saturated carbocycles. The number of aryl methyl sites for hydroxylation is 2. The summed E-state index contributed by atoms with van der Waals surface area (Å²) >= 11 is 0. The third-order valence-corrected chi connectivity index (χ3v) is 4.54. The van der Waals surface area contributed by atoms with Crippen LogP contribution in [0.15, 0.2) is 48.2 Å². The van der Waals surface area contributed by atoms with E-state index in [1.807, 2.05) is 48.9 Å². The van der Waals surface area contributed by atoms with E-state index in [1.54, 1.807) is 17.0 Å². The van der Waals surface area contributed by atoms with Crippen LogP contribution in [-0.2, 0) is 7.05 Å². The summed E-state index contributed by atoms with van der Waals surface area (Å²) in [6, 6.07) is 13.0. The number of aliphatic hydroxyl groups is 1. The topological polar surface area (TPSA) is 85.4 Å². The quantitative estimate of drug-likeness (QED) is 0.671. The maximum Gasteiger partial charge on any atom is 0.148 e. The van der Waals surface area contributed by atoms with Gasteiger partial charge in [-0.05, 0) is 36.8 Å². The van der Waals surface area contributed by atoms with Crippen LogP contribution in [0.5, 0.6) is 5.75 Å². The summed E-state index contributed by atoms with van der Waals surface area (Å²) in [5.74, 6) is 0.819. The lowest BCUT2D eigenvalue weighted by Crippen LogP contribution is -2.26. The molecule has 0 amide bonds. The predicted octanol–water partition coefficient (Wildman–Crippen LogP) is 3.35. The summed E-state index contributed by atoms with van der Waals surface area (Å²) in [6.07, 6.45) is 0. The number of anilines is 1. The molecule has 0 radical (unpaired) electrons. The summed E-state index contributed by atoms with van der Waals surface area (Å²) in [5.41, 5.74) is 3.56. The van der Waals surface area contributed by atoms with E-state index in [2.05, 4.69) is 4.98 Å². The second kappa shape index (κ2) is 5.37. The molecule has 3 aromatic rings. The van der Waals surface area contributed by atoms with Crippen molar-refractivity contribution < 1.29 is 10.2 Å². The highest BCUT2D eigenvalue weighted by atomic mass is 16.3. The second-order valence-electron chi connectivity index (χ2n) is 6.23. The minimum Gasteiger partial charge on any atom is -0.509 e. The Bertz CT molecular complexity index is 1050. The number of imidazole rings is 1. The van der Waals surface area contributed by atoms with Crippen molar-refractivity contribution in [2.24, 2.45) is 7.05 Å². The Morgan fingerprint density at radius 2 is 1.88 bits per heavy atom. The molecular weight excluding hydrogens is 316 g/mol. The lowest BCUT2D eigenvalue weighted by Gasteiger charge is -2.20. The van der Waals surface area contributed by atoms with Crippen molar-refractivity contribution >= 4 is 28.1 Å². The number of aliphatic hydroxyl groups excluding tert-OH is 1. The van der Waals surface area contributed by atoms with Crippen LogP contribution >= 0.6 is 0 Å². The lowest BCUT2D eigenvalue weighted by atomic mass is 10.2. The highest BCUT2D eigenvalue weighted by molar-refractivity contribution is 6.30. The van der Waals surface area contributed by atoms with Gasteiger partial charge in [-0.2, -0.15) is 0 Å². The Hall–Kier alpha value is -3.28. The van der Waals surface area contributed by atoms with Gasteiger partial charge < -0.3 is 19.7 Å². The molecule has 2 heterocycles. The van der Waals surface area contributed by atoms with E-state index in [1.165, 1.54) is 0 Å². The van der Waals surface area contributed by atoms with Crippen molar-refractivity contribution in [3.05, 3.63) is 59.6 Å². The first kappa shape index (κ1) is 15.3. The highest BCUT2D eigenvalue weighted by Gasteiger charge is 2.33. The molecule has 25 heavy (non-hydrogen) atoms. The first-order chi connectivity index (χ1) is 12.0. The lowest BCUT2D eigenvalue weighted by molar-refractivity contribution is 0.410. The molecule has 6 heteroatoms. The number of hydrogen-bond acceptors (Lipinski definition) is 4. The van der Waals surface area contributed by atoms with Crippen LogP contribution < -0.4 is 4.90 Å². The van der Waals surface area contributed by atoms with Crippen molar-refractivity contribution in [2.45, 2.75) is 6.92 Å². The van der Waals surface area contributed by atoms with Gasteiger partial charge in [-0.25, -0.2) is 4.98 Å². The van der Waals surface area contributed by atoms with Gasteiger partial charge in [0.1, 0.15) is 23.2 Å². The van der Waals surface area contributed by atoms with Gasteiger partial charge in [0.15, 0.2) is 0 Å². The molecule has 2 aromatic carbocycles. The molecule has 6 nitrogen and oxygen atoms in total.